The molecule has 32 heavy (non-hydrogen) atoms. The van der Waals surface area contributed by atoms with Crippen LogP contribution in [0.1, 0.15) is 35.7 Å². The molecule has 2 aromatic rings. The summed E-state index contributed by atoms with van der Waals surface area (Å²) in [4.78, 5) is 28.0. The number of carbonyl (C=O) groups excluding carboxylic acids is 2. The molecule has 3 rings (SSSR count). The molecule has 172 valence electrons. The second-order valence-electron chi connectivity index (χ2n) is 7.65. The van der Waals surface area contributed by atoms with Crippen LogP contribution in [-0.2, 0) is 16.1 Å². The number of nitrogens with zero attached hydrogens (tertiary/aromatic N) is 1. The van der Waals surface area contributed by atoms with Gasteiger partial charge in [0.15, 0.2) is 11.5 Å². The number of methoxy groups -OCH3 is 2. The van der Waals surface area contributed by atoms with E-state index in [2.05, 4.69) is 5.32 Å². The molecule has 7 nitrogen and oxygen atoms in total. The molecule has 1 saturated heterocycles. The van der Waals surface area contributed by atoms with Gasteiger partial charge in [0.1, 0.15) is 6.04 Å². The zero-order chi connectivity index (χ0) is 23.1. The van der Waals surface area contributed by atoms with Gasteiger partial charge in [0.05, 0.1) is 20.3 Å². The van der Waals surface area contributed by atoms with Crippen LogP contribution in [0.5, 0.6) is 11.5 Å². The molecule has 0 aromatic heterocycles. The highest BCUT2D eigenvalue weighted by Crippen LogP contribution is 2.29. The topological polar surface area (TPSA) is 77.1 Å². The van der Waals surface area contributed by atoms with Gasteiger partial charge in [-0.05, 0) is 49.6 Å². The van der Waals surface area contributed by atoms with E-state index >= 15 is 0 Å². The fraction of sp³-hybridized carbons (Fsp3) is 0.417. The molecule has 1 aliphatic heterocycles. The average Bonchev–Trinajstić information content (AvgIpc) is 3.34. The zero-order valence-electron chi connectivity index (χ0n) is 18.6. The van der Waals surface area contributed by atoms with Gasteiger partial charge in [-0.15, -0.1) is 0 Å². The lowest BCUT2D eigenvalue weighted by atomic mass is 10.1. The molecule has 0 bridgehead atoms. The van der Waals surface area contributed by atoms with Crippen molar-refractivity contribution in [3.63, 3.8) is 0 Å². The van der Waals surface area contributed by atoms with Crippen molar-refractivity contribution in [1.82, 2.24) is 10.2 Å². The van der Waals surface area contributed by atoms with Crippen LogP contribution in [0.2, 0.25) is 5.02 Å². The number of benzene rings is 2. The van der Waals surface area contributed by atoms with E-state index in [4.69, 9.17) is 25.8 Å². The summed E-state index contributed by atoms with van der Waals surface area (Å²) in [5.74, 6) is 0.391. The Kier molecular flexibility index (Phi) is 8.36. The lowest BCUT2D eigenvalue weighted by Gasteiger charge is -2.29. The quantitative estimate of drug-likeness (QED) is 0.617. The monoisotopic (exact) mass is 460 g/mol. The van der Waals surface area contributed by atoms with Crippen LogP contribution in [-0.4, -0.2) is 56.2 Å². The van der Waals surface area contributed by atoms with Gasteiger partial charge in [0.25, 0.3) is 5.91 Å². The minimum Gasteiger partial charge on any atom is -0.493 e. The second kappa shape index (κ2) is 11.2. The van der Waals surface area contributed by atoms with E-state index in [0.717, 1.165) is 18.4 Å². The minimum atomic E-state index is -0.728. The van der Waals surface area contributed by atoms with Gasteiger partial charge in [0.2, 0.25) is 5.91 Å². The van der Waals surface area contributed by atoms with Crippen molar-refractivity contribution in [2.45, 2.75) is 38.5 Å². The molecule has 2 aromatic carbocycles. The number of rotatable bonds is 9. The van der Waals surface area contributed by atoms with Crippen molar-refractivity contribution < 1.29 is 23.8 Å². The number of carbonyl (C=O) groups is 2. The Morgan fingerprint density at radius 3 is 2.59 bits per heavy atom. The fourth-order valence-electron chi connectivity index (χ4n) is 3.64. The summed E-state index contributed by atoms with van der Waals surface area (Å²) in [5.41, 5.74) is 1.13. The normalized spacial score (nSPS) is 16.3. The van der Waals surface area contributed by atoms with Crippen LogP contribution in [0.3, 0.4) is 0 Å². The number of nitrogens with one attached hydrogen (secondary N) is 1. The molecule has 0 aliphatic carbocycles. The zero-order valence-corrected chi connectivity index (χ0v) is 19.4. The molecule has 8 heteroatoms. The predicted molar refractivity (Wildman–Crippen MR) is 122 cm³/mol. The fourth-order valence-corrected chi connectivity index (χ4v) is 3.83. The number of amides is 2. The molecule has 0 unspecified atom stereocenters. The SMILES string of the molecule is COc1ccc(C(=O)N(Cc2ccccc2Cl)[C@H](C)C(=O)NC[C@H]2CCCO2)cc1OC. The molecule has 0 saturated carbocycles. The molecule has 1 N–H and O–H groups in total. The Morgan fingerprint density at radius 1 is 1.19 bits per heavy atom. The smallest absolute Gasteiger partial charge is 0.254 e. The van der Waals surface area contributed by atoms with Crippen molar-refractivity contribution in [3.8, 4) is 11.5 Å². The van der Waals surface area contributed by atoms with Gasteiger partial charge in [0, 0.05) is 30.3 Å². The summed E-state index contributed by atoms with van der Waals surface area (Å²) in [6.45, 7) is 3.03. The van der Waals surface area contributed by atoms with Crippen LogP contribution in [0.25, 0.3) is 0 Å². The largest absolute Gasteiger partial charge is 0.493 e. The highest BCUT2D eigenvalue weighted by atomic mass is 35.5. The maximum Gasteiger partial charge on any atom is 0.254 e. The molecule has 1 heterocycles. The Balaban J connectivity index is 1.84. The maximum absolute atomic E-state index is 13.5. The highest BCUT2D eigenvalue weighted by molar-refractivity contribution is 6.31. The molecule has 2 atom stereocenters. The molecule has 0 spiro atoms. The standard InChI is InChI=1S/C24H29ClN2O5/c1-16(23(28)26-14-19-8-6-12-32-19)27(15-18-7-4-5-9-20(18)25)24(29)17-10-11-21(30-2)22(13-17)31-3/h4-5,7,9-11,13,16,19H,6,8,12,14-15H2,1-3H3,(H,26,28)/t16-,19-/m1/s1. The third kappa shape index (κ3) is 5.72. The summed E-state index contributed by atoms with van der Waals surface area (Å²) in [6, 6.07) is 11.5. The Hall–Kier alpha value is -2.77. The third-order valence-corrected chi connectivity index (χ3v) is 5.93. The first-order valence-electron chi connectivity index (χ1n) is 10.6. The van der Waals surface area contributed by atoms with E-state index in [-0.39, 0.29) is 24.5 Å². The van der Waals surface area contributed by atoms with E-state index in [1.807, 2.05) is 18.2 Å². The van der Waals surface area contributed by atoms with Crippen LogP contribution in [0, 0.1) is 0 Å². The van der Waals surface area contributed by atoms with Crippen LogP contribution in [0.4, 0.5) is 0 Å². The van der Waals surface area contributed by atoms with Crippen LogP contribution >= 0.6 is 11.6 Å². The summed E-state index contributed by atoms with van der Waals surface area (Å²) >= 11 is 6.35. The maximum atomic E-state index is 13.5. The van der Waals surface area contributed by atoms with E-state index in [1.165, 1.54) is 19.1 Å². The van der Waals surface area contributed by atoms with E-state index in [1.54, 1.807) is 31.2 Å². The predicted octanol–water partition coefficient (Wildman–Crippen LogP) is 3.68. The highest BCUT2D eigenvalue weighted by Gasteiger charge is 2.29. The van der Waals surface area contributed by atoms with Crippen molar-refractivity contribution >= 4 is 23.4 Å². The van der Waals surface area contributed by atoms with Crippen molar-refractivity contribution in [1.29, 1.82) is 0 Å². The summed E-state index contributed by atoms with van der Waals surface area (Å²) in [6.07, 6.45) is 1.93. The first-order chi connectivity index (χ1) is 15.4. The second-order valence-corrected chi connectivity index (χ2v) is 8.06. The first kappa shape index (κ1) is 23.9. The van der Waals surface area contributed by atoms with E-state index in [9.17, 15) is 9.59 Å². The van der Waals surface area contributed by atoms with Crippen molar-refractivity contribution in [2.75, 3.05) is 27.4 Å². The van der Waals surface area contributed by atoms with Gasteiger partial charge < -0.3 is 24.4 Å². The van der Waals surface area contributed by atoms with Crippen LogP contribution < -0.4 is 14.8 Å². The van der Waals surface area contributed by atoms with Gasteiger partial charge in [-0.2, -0.15) is 0 Å². The number of hydrogen-bond donors (Lipinski definition) is 1. The molecule has 2 amide bonds. The third-order valence-electron chi connectivity index (χ3n) is 5.56. The molecule has 0 radical (unpaired) electrons. The number of halogens is 1. The molecular formula is C24H29ClN2O5. The molecule has 1 aliphatic rings. The lowest BCUT2D eigenvalue weighted by molar-refractivity contribution is -0.125. The minimum absolute atomic E-state index is 0.0183. The molecule has 1 fully saturated rings. The Bertz CT molecular complexity index is 946. The van der Waals surface area contributed by atoms with Crippen molar-refractivity contribution in [3.05, 3.63) is 58.6 Å². The van der Waals surface area contributed by atoms with Crippen LogP contribution in [0.15, 0.2) is 42.5 Å². The average molecular weight is 461 g/mol. The summed E-state index contributed by atoms with van der Waals surface area (Å²) in [7, 11) is 3.04. The van der Waals surface area contributed by atoms with Crippen molar-refractivity contribution in [2.24, 2.45) is 0 Å². The molecular weight excluding hydrogens is 432 g/mol. The number of ether oxygens (including phenoxy) is 3. The van der Waals surface area contributed by atoms with Gasteiger partial charge >= 0.3 is 0 Å². The lowest BCUT2D eigenvalue weighted by Crippen LogP contribution is -2.49. The summed E-state index contributed by atoms with van der Waals surface area (Å²) < 4.78 is 16.2. The first-order valence-corrected chi connectivity index (χ1v) is 11.0. The van der Waals surface area contributed by atoms with Gasteiger partial charge in [-0.3, -0.25) is 9.59 Å². The summed E-state index contributed by atoms with van der Waals surface area (Å²) in [5, 5.41) is 3.45. The van der Waals surface area contributed by atoms with E-state index in [0.29, 0.717) is 35.2 Å². The Labute approximate surface area is 193 Å². The van der Waals surface area contributed by atoms with E-state index < -0.39 is 6.04 Å². The van der Waals surface area contributed by atoms with Gasteiger partial charge in [-0.25, -0.2) is 0 Å². The Morgan fingerprint density at radius 2 is 1.94 bits per heavy atom. The number of hydrogen-bond acceptors (Lipinski definition) is 5. The van der Waals surface area contributed by atoms with Gasteiger partial charge in [-0.1, -0.05) is 29.8 Å².